The average molecular weight is 353 g/mol. The number of aromatic hydroxyl groups is 1. The monoisotopic (exact) mass is 353 g/mol. The normalized spacial score (nSPS) is 15.5. The van der Waals surface area contributed by atoms with Crippen molar-refractivity contribution in [1.29, 1.82) is 0 Å². The van der Waals surface area contributed by atoms with Gasteiger partial charge in [0.2, 0.25) is 0 Å². The van der Waals surface area contributed by atoms with Gasteiger partial charge in [0.05, 0.1) is 12.8 Å². The molecule has 0 atom stereocenters. The van der Waals surface area contributed by atoms with Gasteiger partial charge in [-0.15, -0.1) is 0 Å². The Balaban J connectivity index is 1.51. The van der Waals surface area contributed by atoms with E-state index in [2.05, 4.69) is 46.2 Å². The lowest BCUT2D eigenvalue weighted by molar-refractivity contribution is 0.131. The molecule has 0 saturated carbocycles. The molecule has 1 fully saturated rings. The highest BCUT2D eigenvalue weighted by Crippen LogP contribution is 2.26. The lowest BCUT2D eigenvalue weighted by Gasteiger charge is -2.33. The number of aryl methyl sites for hydroxylation is 1. The molecular formula is C21H27N3O2. The van der Waals surface area contributed by atoms with E-state index in [1.54, 1.807) is 6.07 Å². The van der Waals surface area contributed by atoms with Crippen LogP contribution >= 0.6 is 0 Å². The molecule has 0 aromatic heterocycles. The molecular weight excluding hydrogens is 326 g/mol. The number of phenols is 1. The second kappa shape index (κ2) is 8.72. The van der Waals surface area contributed by atoms with Gasteiger partial charge in [-0.3, -0.25) is 9.91 Å². The molecule has 3 rings (SSSR count). The van der Waals surface area contributed by atoms with E-state index < -0.39 is 0 Å². The Morgan fingerprint density at radius 2 is 1.81 bits per heavy atom. The largest absolute Gasteiger partial charge is 0.504 e. The van der Waals surface area contributed by atoms with Gasteiger partial charge in [0.25, 0.3) is 0 Å². The zero-order chi connectivity index (χ0) is 18.4. The van der Waals surface area contributed by atoms with Crippen LogP contribution in [0.3, 0.4) is 0 Å². The van der Waals surface area contributed by atoms with Crippen LogP contribution < -0.4 is 4.74 Å². The van der Waals surface area contributed by atoms with Crippen LogP contribution in [0.2, 0.25) is 0 Å². The molecule has 26 heavy (non-hydrogen) atoms. The van der Waals surface area contributed by atoms with Crippen LogP contribution in [0, 0.1) is 6.92 Å². The Hall–Kier alpha value is -2.53. The van der Waals surface area contributed by atoms with Crippen LogP contribution in [0.1, 0.15) is 23.6 Å². The van der Waals surface area contributed by atoms with Gasteiger partial charge in [-0.05, 0) is 43.2 Å². The highest BCUT2D eigenvalue weighted by Gasteiger charge is 2.15. The number of benzene rings is 2. The van der Waals surface area contributed by atoms with E-state index in [0.717, 1.165) is 38.3 Å². The molecule has 1 aliphatic heterocycles. The summed E-state index contributed by atoms with van der Waals surface area (Å²) >= 11 is 0. The molecule has 0 bridgehead atoms. The summed E-state index contributed by atoms with van der Waals surface area (Å²) < 4.78 is 5.42. The summed E-state index contributed by atoms with van der Waals surface area (Å²) in [5, 5.41) is 16.4. The quantitative estimate of drug-likeness (QED) is 0.810. The summed E-state index contributed by atoms with van der Waals surface area (Å²) in [4.78, 5) is 2.46. The van der Waals surface area contributed by atoms with Crippen molar-refractivity contribution in [3.63, 3.8) is 0 Å². The average Bonchev–Trinajstić information content (AvgIpc) is 2.65. The third kappa shape index (κ3) is 4.99. The van der Waals surface area contributed by atoms with Crippen LogP contribution in [-0.2, 0) is 6.54 Å². The van der Waals surface area contributed by atoms with E-state index in [4.69, 9.17) is 4.74 Å². The molecule has 138 valence electrons. The number of rotatable bonds is 6. The fraction of sp³-hybridized carbons (Fsp3) is 0.381. The van der Waals surface area contributed by atoms with Crippen LogP contribution in [0.15, 0.2) is 47.6 Å². The van der Waals surface area contributed by atoms with Crippen molar-refractivity contribution < 1.29 is 9.84 Å². The van der Waals surface area contributed by atoms with Crippen molar-refractivity contribution in [1.82, 2.24) is 9.91 Å². The van der Waals surface area contributed by atoms with Gasteiger partial charge in [-0.2, -0.15) is 5.10 Å². The zero-order valence-corrected chi connectivity index (χ0v) is 15.6. The first-order valence-electron chi connectivity index (χ1n) is 9.16. The van der Waals surface area contributed by atoms with Crippen molar-refractivity contribution in [2.45, 2.75) is 20.4 Å². The van der Waals surface area contributed by atoms with Crippen LogP contribution in [0.4, 0.5) is 0 Å². The predicted molar refractivity (Wildman–Crippen MR) is 105 cm³/mol. The van der Waals surface area contributed by atoms with Crippen molar-refractivity contribution in [2.75, 3.05) is 32.8 Å². The molecule has 0 spiro atoms. The fourth-order valence-corrected chi connectivity index (χ4v) is 2.99. The van der Waals surface area contributed by atoms with E-state index in [0.29, 0.717) is 12.4 Å². The van der Waals surface area contributed by atoms with Crippen molar-refractivity contribution in [3.05, 3.63) is 59.2 Å². The molecule has 1 aliphatic rings. The highest BCUT2D eigenvalue weighted by molar-refractivity contribution is 5.80. The molecule has 0 aliphatic carbocycles. The SMILES string of the molecule is CCOc1cc(C=NN2CCN(Cc3ccc(C)cc3)CC2)ccc1O. The molecule has 1 saturated heterocycles. The van der Waals surface area contributed by atoms with E-state index in [9.17, 15) is 5.11 Å². The third-order valence-corrected chi connectivity index (χ3v) is 4.53. The van der Waals surface area contributed by atoms with Crippen molar-refractivity contribution in [3.8, 4) is 11.5 Å². The van der Waals surface area contributed by atoms with Gasteiger partial charge in [-0.25, -0.2) is 0 Å². The Bertz CT molecular complexity index is 735. The number of hydrogen-bond acceptors (Lipinski definition) is 5. The summed E-state index contributed by atoms with van der Waals surface area (Å²) in [7, 11) is 0. The molecule has 5 heteroatoms. The van der Waals surface area contributed by atoms with Gasteiger partial charge in [0, 0.05) is 32.7 Å². The van der Waals surface area contributed by atoms with Crippen molar-refractivity contribution >= 4 is 6.21 Å². The molecule has 0 radical (unpaired) electrons. The summed E-state index contributed by atoms with van der Waals surface area (Å²) in [6, 6.07) is 14.1. The maximum atomic E-state index is 9.76. The lowest BCUT2D eigenvalue weighted by Crippen LogP contribution is -2.43. The number of piperazine rings is 1. The number of hydrazone groups is 1. The summed E-state index contributed by atoms with van der Waals surface area (Å²) in [5.41, 5.74) is 3.59. The third-order valence-electron chi connectivity index (χ3n) is 4.53. The summed E-state index contributed by atoms with van der Waals surface area (Å²) in [6.07, 6.45) is 1.83. The molecule has 1 heterocycles. The molecule has 5 nitrogen and oxygen atoms in total. The van der Waals surface area contributed by atoms with E-state index in [1.807, 2.05) is 25.3 Å². The van der Waals surface area contributed by atoms with Crippen molar-refractivity contribution in [2.24, 2.45) is 5.10 Å². The van der Waals surface area contributed by atoms with Gasteiger partial charge >= 0.3 is 0 Å². The molecule has 0 amide bonds. The molecule has 0 unspecified atom stereocenters. The number of phenolic OH excluding ortho intramolecular Hbond substituents is 1. The van der Waals surface area contributed by atoms with E-state index in [-0.39, 0.29) is 5.75 Å². The van der Waals surface area contributed by atoms with Crippen LogP contribution in [0.25, 0.3) is 0 Å². The fourth-order valence-electron chi connectivity index (χ4n) is 2.99. The van der Waals surface area contributed by atoms with E-state index >= 15 is 0 Å². The lowest BCUT2D eigenvalue weighted by atomic mass is 10.1. The minimum absolute atomic E-state index is 0.161. The second-order valence-electron chi connectivity index (χ2n) is 6.62. The van der Waals surface area contributed by atoms with E-state index in [1.165, 1.54) is 11.1 Å². The van der Waals surface area contributed by atoms with Gasteiger partial charge in [0.1, 0.15) is 0 Å². The van der Waals surface area contributed by atoms with Crippen LogP contribution in [0.5, 0.6) is 11.5 Å². The first-order chi connectivity index (χ1) is 12.6. The number of nitrogens with zero attached hydrogens (tertiary/aromatic N) is 3. The molecule has 1 N–H and O–H groups in total. The highest BCUT2D eigenvalue weighted by atomic mass is 16.5. The maximum Gasteiger partial charge on any atom is 0.161 e. The minimum atomic E-state index is 0.161. The topological polar surface area (TPSA) is 48.3 Å². The second-order valence-corrected chi connectivity index (χ2v) is 6.62. The number of hydrogen-bond donors (Lipinski definition) is 1. The molecule has 2 aromatic rings. The number of ether oxygens (including phenoxy) is 1. The van der Waals surface area contributed by atoms with Gasteiger partial charge in [-0.1, -0.05) is 29.8 Å². The zero-order valence-electron chi connectivity index (χ0n) is 15.6. The summed E-state index contributed by atoms with van der Waals surface area (Å²) in [6.45, 7) is 9.38. The molecule has 2 aromatic carbocycles. The van der Waals surface area contributed by atoms with Gasteiger partial charge in [0.15, 0.2) is 11.5 Å². The Morgan fingerprint density at radius 1 is 1.08 bits per heavy atom. The smallest absolute Gasteiger partial charge is 0.161 e. The Labute approximate surface area is 155 Å². The Kier molecular flexibility index (Phi) is 6.12. The first-order valence-corrected chi connectivity index (χ1v) is 9.16. The Morgan fingerprint density at radius 3 is 2.50 bits per heavy atom. The van der Waals surface area contributed by atoms with Gasteiger partial charge < -0.3 is 9.84 Å². The minimum Gasteiger partial charge on any atom is -0.504 e. The van der Waals surface area contributed by atoms with Crippen LogP contribution in [-0.4, -0.2) is 54.0 Å². The standard InChI is InChI=1S/C21H27N3O2/c1-3-26-21-14-19(8-9-20(21)25)15-22-24-12-10-23(11-13-24)16-18-6-4-17(2)5-7-18/h4-9,14-15,25H,3,10-13,16H2,1-2H3. The summed E-state index contributed by atoms with van der Waals surface area (Å²) in [5.74, 6) is 0.660. The first kappa shape index (κ1) is 18.3. The predicted octanol–water partition coefficient (Wildman–Crippen LogP) is 3.25. The maximum absolute atomic E-state index is 9.76.